The molecule has 0 bridgehead atoms. The maximum atomic E-state index is 5.65. The molecule has 0 radical (unpaired) electrons. The number of nitrogens with one attached hydrogen (secondary N) is 1. The van der Waals surface area contributed by atoms with E-state index in [2.05, 4.69) is 11.5 Å². The van der Waals surface area contributed by atoms with Crippen LogP contribution in [-0.4, -0.2) is 25.9 Å². The quantitative estimate of drug-likeness (QED) is 0.540. The second-order valence-electron chi connectivity index (χ2n) is 4.22. The van der Waals surface area contributed by atoms with E-state index in [9.17, 15) is 0 Å². The average Bonchev–Trinajstić information content (AvgIpc) is 2.33. The Morgan fingerprint density at radius 1 is 1.40 bits per heavy atom. The lowest BCUT2D eigenvalue weighted by Crippen LogP contribution is -2.46. The van der Waals surface area contributed by atoms with Gasteiger partial charge in [0.25, 0.3) is 0 Å². The van der Waals surface area contributed by atoms with E-state index < -0.39 is 0 Å². The van der Waals surface area contributed by atoms with Gasteiger partial charge >= 0.3 is 0 Å². The molecule has 1 saturated heterocycles. The van der Waals surface area contributed by atoms with Crippen molar-refractivity contribution in [2.45, 2.75) is 31.7 Å². The van der Waals surface area contributed by atoms with Crippen LogP contribution >= 0.6 is 0 Å². The molecule has 4 nitrogen and oxygen atoms in total. The summed E-state index contributed by atoms with van der Waals surface area (Å²) < 4.78 is 11.1. The van der Waals surface area contributed by atoms with Crippen molar-refractivity contribution in [2.75, 3.05) is 19.8 Å². The minimum absolute atomic E-state index is 0.130. The third-order valence-corrected chi connectivity index (χ3v) is 3.12. The molecule has 4 heteroatoms. The molecular weight excluding hydrogens is 192 g/mol. The largest absolute Gasteiger partial charge is 0.497 e. The van der Waals surface area contributed by atoms with Crippen LogP contribution < -0.4 is 11.3 Å². The highest BCUT2D eigenvalue weighted by Crippen LogP contribution is 2.24. The van der Waals surface area contributed by atoms with Crippen LogP contribution in [0.5, 0.6) is 0 Å². The fraction of sp³-hybridized carbons (Fsp3) is 0.818. The van der Waals surface area contributed by atoms with Crippen molar-refractivity contribution in [3.8, 4) is 0 Å². The summed E-state index contributed by atoms with van der Waals surface area (Å²) >= 11 is 0. The number of nitrogens with two attached hydrogens (primary N) is 1. The molecule has 1 fully saturated rings. The smallest absolute Gasteiger partial charge is 0.111 e. The van der Waals surface area contributed by atoms with Gasteiger partial charge in [-0.3, -0.25) is 5.84 Å². The molecule has 15 heavy (non-hydrogen) atoms. The Hall–Kier alpha value is -0.580. The summed E-state index contributed by atoms with van der Waals surface area (Å²) in [4.78, 5) is 0. The second kappa shape index (κ2) is 5.49. The summed E-state index contributed by atoms with van der Waals surface area (Å²) in [6, 6.07) is 0.130. The van der Waals surface area contributed by atoms with Crippen LogP contribution in [0.3, 0.4) is 0 Å². The third-order valence-electron chi connectivity index (χ3n) is 3.12. The predicted molar refractivity (Wildman–Crippen MR) is 57.9 cm³/mol. The Labute approximate surface area is 90.8 Å². The molecular formula is C11H20N2O2. The monoisotopic (exact) mass is 212 g/mol. The SMILES string of the molecule is NNC(C1=CCCCO1)C1CCCOC1. The maximum absolute atomic E-state index is 5.65. The topological polar surface area (TPSA) is 56.5 Å². The van der Waals surface area contributed by atoms with Gasteiger partial charge in [0.1, 0.15) is 5.76 Å². The predicted octanol–water partition coefficient (Wildman–Crippen LogP) is 0.939. The van der Waals surface area contributed by atoms with Gasteiger partial charge in [-0.1, -0.05) is 0 Å². The third kappa shape index (κ3) is 2.71. The Kier molecular flexibility index (Phi) is 4.00. The molecule has 0 aromatic heterocycles. The minimum Gasteiger partial charge on any atom is -0.497 e. The van der Waals surface area contributed by atoms with Gasteiger partial charge < -0.3 is 9.47 Å². The molecule has 0 aromatic carbocycles. The first-order chi connectivity index (χ1) is 7.42. The maximum Gasteiger partial charge on any atom is 0.111 e. The molecule has 3 N–H and O–H groups in total. The van der Waals surface area contributed by atoms with E-state index in [0.29, 0.717) is 5.92 Å². The van der Waals surface area contributed by atoms with Crippen LogP contribution in [0.25, 0.3) is 0 Å². The lowest BCUT2D eigenvalue weighted by molar-refractivity contribution is 0.0315. The first-order valence-electron chi connectivity index (χ1n) is 5.78. The molecule has 2 rings (SSSR count). The summed E-state index contributed by atoms with van der Waals surface area (Å²) in [6.07, 6.45) is 6.65. The zero-order valence-electron chi connectivity index (χ0n) is 9.08. The second-order valence-corrected chi connectivity index (χ2v) is 4.22. The van der Waals surface area contributed by atoms with Crippen molar-refractivity contribution < 1.29 is 9.47 Å². The Balaban J connectivity index is 1.98. The molecule has 2 heterocycles. The van der Waals surface area contributed by atoms with Crippen molar-refractivity contribution in [2.24, 2.45) is 11.8 Å². The Bertz CT molecular complexity index is 225. The lowest BCUT2D eigenvalue weighted by atomic mass is 9.92. The van der Waals surface area contributed by atoms with Crippen LogP contribution in [0, 0.1) is 5.92 Å². The molecule has 0 aromatic rings. The van der Waals surface area contributed by atoms with E-state index in [1.54, 1.807) is 0 Å². The highest BCUT2D eigenvalue weighted by molar-refractivity contribution is 5.07. The van der Waals surface area contributed by atoms with Gasteiger partial charge in [0.2, 0.25) is 0 Å². The highest BCUT2D eigenvalue weighted by Gasteiger charge is 2.28. The minimum atomic E-state index is 0.130. The van der Waals surface area contributed by atoms with Crippen LogP contribution in [0.1, 0.15) is 25.7 Å². The number of ether oxygens (including phenoxy) is 2. The van der Waals surface area contributed by atoms with E-state index >= 15 is 0 Å². The van der Waals surface area contributed by atoms with E-state index in [0.717, 1.165) is 51.3 Å². The fourth-order valence-electron chi connectivity index (χ4n) is 2.27. The summed E-state index contributed by atoms with van der Waals surface area (Å²) in [6.45, 7) is 2.49. The number of hydrazine groups is 1. The van der Waals surface area contributed by atoms with Crippen molar-refractivity contribution in [3.05, 3.63) is 11.8 Å². The summed E-state index contributed by atoms with van der Waals surface area (Å²) in [5.41, 5.74) is 2.87. The van der Waals surface area contributed by atoms with Gasteiger partial charge in [0, 0.05) is 12.5 Å². The van der Waals surface area contributed by atoms with Gasteiger partial charge in [0.15, 0.2) is 0 Å². The number of allylic oxidation sites excluding steroid dienone is 1. The summed E-state index contributed by atoms with van der Waals surface area (Å²) in [5.74, 6) is 7.07. The van der Waals surface area contributed by atoms with Gasteiger partial charge in [-0.05, 0) is 31.8 Å². The fourth-order valence-corrected chi connectivity index (χ4v) is 2.27. The lowest BCUT2D eigenvalue weighted by Gasteiger charge is -2.32. The van der Waals surface area contributed by atoms with Crippen LogP contribution in [0.15, 0.2) is 11.8 Å². The molecule has 0 amide bonds. The molecule has 2 unspecified atom stereocenters. The number of hydrogen-bond donors (Lipinski definition) is 2. The molecule has 2 atom stereocenters. The van der Waals surface area contributed by atoms with E-state index in [1.807, 2.05) is 0 Å². The van der Waals surface area contributed by atoms with E-state index in [-0.39, 0.29) is 6.04 Å². The zero-order chi connectivity index (χ0) is 10.5. The number of hydrogen-bond acceptors (Lipinski definition) is 4. The zero-order valence-corrected chi connectivity index (χ0v) is 9.08. The molecule has 86 valence electrons. The van der Waals surface area contributed by atoms with Gasteiger partial charge in [-0.15, -0.1) is 0 Å². The Morgan fingerprint density at radius 2 is 2.33 bits per heavy atom. The first-order valence-corrected chi connectivity index (χ1v) is 5.78. The van der Waals surface area contributed by atoms with Crippen LogP contribution in [0.2, 0.25) is 0 Å². The molecule has 2 aliphatic rings. The van der Waals surface area contributed by atoms with Crippen molar-refractivity contribution in [1.82, 2.24) is 5.43 Å². The molecule has 2 aliphatic heterocycles. The molecule has 0 spiro atoms. The van der Waals surface area contributed by atoms with Crippen molar-refractivity contribution in [3.63, 3.8) is 0 Å². The Morgan fingerprint density at radius 3 is 2.93 bits per heavy atom. The van der Waals surface area contributed by atoms with Gasteiger partial charge in [-0.25, -0.2) is 5.43 Å². The first kappa shape index (κ1) is 10.9. The average molecular weight is 212 g/mol. The van der Waals surface area contributed by atoms with E-state index in [1.165, 1.54) is 0 Å². The van der Waals surface area contributed by atoms with Gasteiger partial charge in [-0.2, -0.15) is 0 Å². The standard InChI is InChI=1S/C11H20N2O2/c12-13-11(9-4-3-6-14-8-9)10-5-1-2-7-15-10/h5,9,11,13H,1-4,6-8,12H2. The van der Waals surface area contributed by atoms with Gasteiger partial charge in [0.05, 0.1) is 19.3 Å². The number of rotatable bonds is 3. The van der Waals surface area contributed by atoms with Crippen molar-refractivity contribution >= 4 is 0 Å². The highest BCUT2D eigenvalue weighted by atomic mass is 16.5. The normalized spacial score (nSPS) is 29.1. The molecule has 0 saturated carbocycles. The van der Waals surface area contributed by atoms with Crippen LogP contribution in [-0.2, 0) is 9.47 Å². The molecule has 0 aliphatic carbocycles. The van der Waals surface area contributed by atoms with Crippen molar-refractivity contribution in [1.29, 1.82) is 0 Å². The summed E-state index contributed by atoms with van der Waals surface area (Å²) in [5, 5.41) is 0. The van der Waals surface area contributed by atoms with Crippen LogP contribution in [0.4, 0.5) is 0 Å². The summed E-state index contributed by atoms with van der Waals surface area (Å²) in [7, 11) is 0. The van der Waals surface area contributed by atoms with E-state index in [4.69, 9.17) is 15.3 Å².